The number of alkyl carbamates (subject to hydrolysis) is 1. The van der Waals surface area contributed by atoms with Crippen molar-refractivity contribution in [2.24, 2.45) is 0 Å². The van der Waals surface area contributed by atoms with Crippen LogP contribution in [0, 0.1) is 6.92 Å². The highest BCUT2D eigenvalue weighted by molar-refractivity contribution is 7.92. The van der Waals surface area contributed by atoms with Crippen molar-refractivity contribution in [3.8, 4) is 11.3 Å². The first kappa shape index (κ1) is 25.9. The summed E-state index contributed by atoms with van der Waals surface area (Å²) in [7, 11) is -3.51. The van der Waals surface area contributed by atoms with Crippen LogP contribution in [0.5, 0.6) is 0 Å². The minimum Gasteiger partial charge on any atom is -0.447 e. The number of amides is 1. The van der Waals surface area contributed by atoms with Gasteiger partial charge in [0.1, 0.15) is 6.33 Å². The number of rotatable bonds is 8. The van der Waals surface area contributed by atoms with Gasteiger partial charge in [0.2, 0.25) is 0 Å². The van der Waals surface area contributed by atoms with Crippen molar-refractivity contribution in [2.45, 2.75) is 75.2 Å². The molecule has 1 aromatic carbocycles. The first-order valence-electron chi connectivity index (χ1n) is 12.8. The molecule has 11 heteroatoms. The Labute approximate surface area is 222 Å². The quantitative estimate of drug-likeness (QED) is 0.368. The predicted octanol–water partition coefficient (Wildman–Crippen LogP) is 4.93. The van der Waals surface area contributed by atoms with Crippen LogP contribution >= 0.6 is 0 Å². The Morgan fingerprint density at radius 2 is 1.89 bits per heavy atom. The number of sulfone groups is 1. The lowest BCUT2D eigenvalue weighted by molar-refractivity contribution is 0.111. The fourth-order valence-electron chi connectivity index (χ4n) is 4.53. The second-order valence-electron chi connectivity index (χ2n) is 10.1. The molecular weight excluding hydrogens is 504 g/mol. The van der Waals surface area contributed by atoms with Gasteiger partial charge in [-0.1, -0.05) is 6.08 Å². The zero-order chi connectivity index (χ0) is 26.9. The lowest BCUT2D eigenvalue weighted by atomic mass is 9.93. The Hall–Kier alpha value is -3.73. The number of H-pyrrole nitrogens is 1. The Morgan fingerprint density at radius 1 is 1.11 bits per heavy atom. The summed E-state index contributed by atoms with van der Waals surface area (Å²) in [4.78, 5) is 21.1. The lowest BCUT2D eigenvalue weighted by Gasteiger charge is -2.23. The normalized spacial score (nSPS) is 17.7. The summed E-state index contributed by atoms with van der Waals surface area (Å²) in [6.07, 6.45) is 6.44. The molecular formula is C27H32N6O4S. The third-order valence-electron chi connectivity index (χ3n) is 6.58. The van der Waals surface area contributed by atoms with E-state index in [4.69, 9.17) is 4.74 Å². The van der Waals surface area contributed by atoms with Crippen LogP contribution in [-0.2, 0) is 14.6 Å². The van der Waals surface area contributed by atoms with E-state index in [9.17, 15) is 13.2 Å². The summed E-state index contributed by atoms with van der Waals surface area (Å²) in [6, 6.07) is 8.99. The molecule has 2 heterocycles. The Morgan fingerprint density at radius 3 is 2.55 bits per heavy atom. The molecule has 0 spiro atoms. The van der Waals surface area contributed by atoms with Gasteiger partial charge in [0, 0.05) is 29.1 Å². The number of nitrogens with one attached hydrogen (secondary N) is 3. The fourth-order valence-corrected chi connectivity index (χ4v) is 6.41. The van der Waals surface area contributed by atoms with Crippen molar-refractivity contribution in [3.63, 3.8) is 0 Å². The number of benzene rings is 1. The molecule has 10 nitrogen and oxygen atoms in total. The van der Waals surface area contributed by atoms with Crippen LogP contribution < -0.4 is 10.6 Å². The number of anilines is 2. The standard InChI is InChI=1S/C27H32N6O4S/c1-16(2)37-27(34)31-19-6-4-18(5-7-19)23-14-24(29-15-28-23)22-11-8-20(30-26-12-17(3)32-33-26)13-25(22)38(35,36)21-9-10-21/h4,8,11-16,19,21H,5-7,9-10H2,1-3H3,(H,31,34)(H2,30,32,33). The topological polar surface area (TPSA) is 139 Å². The molecule has 200 valence electrons. The molecule has 1 atom stereocenters. The molecule has 1 unspecified atom stereocenters. The largest absolute Gasteiger partial charge is 0.447 e. The Kier molecular flexibility index (Phi) is 7.20. The maximum atomic E-state index is 13.4. The molecule has 1 fully saturated rings. The fraction of sp³-hybridized carbons (Fsp3) is 0.407. The average Bonchev–Trinajstić information content (AvgIpc) is 3.67. The monoisotopic (exact) mass is 536 g/mol. The third-order valence-corrected chi connectivity index (χ3v) is 8.88. The van der Waals surface area contributed by atoms with Crippen molar-refractivity contribution < 1.29 is 17.9 Å². The number of aromatic amines is 1. The summed E-state index contributed by atoms with van der Waals surface area (Å²) in [5, 5.41) is 12.8. The van der Waals surface area contributed by atoms with Crippen LogP contribution in [0.25, 0.3) is 16.8 Å². The van der Waals surface area contributed by atoms with Gasteiger partial charge in [0.05, 0.1) is 27.6 Å². The molecule has 3 N–H and O–H groups in total. The van der Waals surface area contributed by atoms with Crippen LogP contribution in [0.15, 0.2) is 47.6 Å². The second-order valence-corrected chi connectivity index (χ2v) is 12.3. The van der Waals surface area contributed by atoms with Gasteiger partial charge in [0.15, 0.2) is 15.7 Å². The van der Waals surface area contributed by atoms with E-state index in [2.05, 4.69) is 36.9 Å². The molecule has 0 saturated heterocycles. The van der Waals surface area contributed by atoms with Crippen LogP contribution in [0.1, 0.15) is 57.3 Å². The van der Waals surface area contributed by atoms with Gasteiger partial charge < -0.3 is 15.4 Å². The summed E-state index contributed by atoms with van der Waals surface area (Å²) in [6.45, 7) is 5.53. The highest BCUT2D eigenvalue weighted by Crippen LogP contribution is 2.39. The van der Waals surface area contributed by atoms with Gasteiger partial charge in [-0.3, -0.25) is 5.10 Å². The molecule has 2 aliphatic carbocycles. The number of aryl methyl sites for hydroxylation is 1. The zero-order valence-corrected chi connectivity index (χ0v) is 22.5. The van der Waals surface area contributed by atoms with Crippen molar-refractivity contribution >= 4 is 33.0 Å². The first-order valence-corrected chi connectivity index (χ1v) is 14.4. The van der Waals surface area contributed by atoms with E-state index in [-0.39, 0.29) is 22.3 Å². The number of hydrogen-bond acceptors (Lipinski definition) is 8. The SMILES string of the molecule is Cc1cc(Nc2ccc(-c3cc(C4=CCC(NC(=O)OC(C)C)CC4)ncn3)c(S(=O)(=O)C3CC3)c2)n[nH]1. The summed E-state index contributed by atoms with van der Waals surface area (Å²) in [5.74, 6) is 0.615. The number of allylic oxidation sites excluding steroid dienone is 1. The smallest absolute Gasteiger partial charge is 0.407 e. The van der Waals surface area contributed by atoms with E-state index in [0.29, 0.717) is 42.0 Å². The van der Waals surface area contributed by atoms with Crippen molar-refractivity contribution in [1.29, 1.82) is 0 Å². The minimum absolute atomic E-state index is 0.0000520. The molecule has 5 rings (SSSR count). The third kappa shape index (κ3) is 5.88. The molecule has 1 saturated carbocycles. The summed E-state index contributed by atoms with van der Waals surface area (Å²) >= 11 is 0. The van der Waals surface area contributed by atoms with Gasteiger partial charge >= 0.3 is 6.09 Å². The van der Waals surface area contributed by atoms with Crippen LogP contribution in [-0.4, -0.2) is 52.1 Å². The average molecular weight is 537 g/mol. The van der Waals surface area contributed by atoms with E-state index in [1.807, 2.05) is 39.0 Å². The highest BCUT2D eigenvalue weighted by Gasteiger charge is 2.38. The maximum Gasteiger partial charge on any atom is 0.407 e. The highest BCUT2D eigenvalue weighted by atomic mass is 32.2. The molecule has 2 aliphatic rings. The molecule has 3 aromatic rings. The van der Waals surface area contributed by atoms with Gasteiger partial charge in [0.25, 0.3) is 0 Å². The van der Waals surface area contributed by atoms with Gasteiger partial charge in [-0.2, -0.15) is 5.10 Å². The van der Waals surface area contributed by atoms with Gasteiger partial charge in [-0.25, -0.2) is 23.2 Å². The van der Waals surface area contributed by atoms with Crippen molar-refractivity contribution in [1.82, 2.24) is 25.5 Å². The zero-order valence-electron chi connectivity index (χ0n) is 21.7. The van der Waals surface area contributed by atoms with E-state index in [0.717, 1.165) is 29.8 Å². The Balaban J connectivity index is 1.41. The summed E-state index contributed by atoms with van der Waals surface area (Å²) < 4.78 is 32.0. The first-order chi connectivity index (χ1) is 18.2. The minimum atomic E-state index is -3.51. The lowest BCUT2D eigenvalue weighted by Crippen LogP contribution is -2.37. The second kappa shape index (κ2) is 10.6. The number of carbonyl (C=O) groups is 1. The van der Waals surface area contributed by atoms with Crippen molar-refractivity contribution in [3.05, 3.63) is 54.1 Å². The molecule has 1 amide bonds. The molecule has 0 aliphatic heterocycles. The molecule has 2 aromatic heterocycles. The van der Waals surface area contributed by atoms with Crippen LogP contribution in [0.3, 0.4) is 0 Å². The number of ether oxygens (including phenoxy) is 1. The maximum absolute atomic E-state index is 13.4. The van der Waals surface area contributed by atoms with E-state index < -0.39 is 15.9 Å². The summed E-state index contributed by atoms with van der Waals surface area (Å²) in [5.41, 5.74) is 4.44. The molecule has 38 heavy (non-hydrogen) atoms. The number of carbonyl (C=O) groups excluding carboxylic acids is 1. The Bertz CT molecular complexity index is 1480. The predicted molar refractivity (Wildman–Crippen MR) is 145 cm³/mol. The van der Waals surface area contributed by atoms with E-state index in [1.165, 1.54) is 6.33 Å². The molecule has 0 bridgehead atoms. The number of aromatic nitrogens is 4. The van der Waals surface area contributed by atoms with Crippen LogP contribution in [0.4, 0.5) is 16.3 Å². The van der Waals surface area contributed by atoms with Gasteiger partial charge in [-0.15, -0.1) is 0 Å². The number of nitrogens with zero attached hydrogens (tertiary/aromatic N) is 3. The van der Waals surface area contributed by atoms with Gasteiger partial charge in [-0.05, 0) is 82.7 Å². The van der Waals surface area contributed by atoms with Crippen molar-refractivity contribution in [2.75, 3.05) is 5.32 Å². The number of hydrogen-bond donors (Lipinski definition) is 3. The van der Waals surface area contributed by atoms with E-state index in [1.54, 1.807) is 12.1 Å². The van der Waals surface area contributed by atoms with Crippen LogP contribution in [0.2, 0.25) is 0 Å². The molecule has 0 radical (unpaired) electrons. The van der Waals surface area contributed by atoms with E-state index >= 15 is 0 Å².